The van der Waals surface area contributed by atoms with Crippen molar-refractivity contribution in [3.8, 4) is 5.75 Å². The maximum absolute atomic E-state index is 13.7. The molecule has 3 fully saturated rings. The van der Waals surface area contributed by atoms with Gasteiger partial charge in [-0.3, -0.25) is 9.69 Å². The molecule has 1 saturated carbocycles. The Kier molecular flexibility index (Phi) is 6.13. The predicted molar refractivity (Wildman–Crippen MR) is 113 cm³/mol. The number of nitrogens with zero attached hydrogens (tertiary/aromatic N) is 3. The summed E-state index contributed by atoms with van der Waals surface area (Å²) in [7, 11) is 3.81. The van der Waals surface area contributed by atoms with Gasteiger partial charge in [0, 0.05) is 45.3 Å². The van der Waals surface area contributed by atoms with Gasteiger partial charge in [0.2, 0.25) is 5.91 Å². The Balaban J connectivity index is 1.46. The average Bonchev–Trinajstić information content (AvgIpc) is 3.25. The van der Waals surface area contributed by atoms with Crippen LogP contribution in [0.5, 0.6) is 5.75 Å². The number of carbonyl (C=O) groups excluding carboxylic acids is 1. The number of piperazine rings is 1. The van der Waals surface area contributed by atoms with E-state index in [9.17, 15) is 9.90 Å². The van der Waals surface area contributed by atoms with Gasteiger partial charge in [0.05, 0.1) is 18.6 Å². The normalized spacial score (nSPS) is 28.4. The molecule has 1 aromatic carbocycles. The van der Waals surface area contributed by atoms with Crippen LogP contribution in [0.2, 0.25) is 0 Å². The highest BCUT2D eigenvalue weighted by Crippen LogP contribution is 2.43. The van der Waals surface area contributed by atoms with Gasteiger partial charge in [-0.2, -0.15) is 0 Å². The Morgan fingerprint density at radius 2 is 1.72 bits per heavy atom. The van der Waals surface area contributed by atoms with Crippen LogP contribution in [0.15, 0.2) is 24.3 Å². The van der Waals surface area contributed by atoms with Gasteiger partial charge in [0.25, 0.3) is 0 Å². The Hall–Kier alpha value is -1.63. The monoisotopic (exact) mass is 401 g/mol. The molecule has 1 amide bonds. The standard InChI is InChI=1S/C23H35N3O3/c1-24-13-15-25(16-14-24)20-9-12-26(17-21(20)27)22(28)23(10-3-4-11-23)18-5-7-19(29-2)8-6-18/h5-8,20-21,27H,3-4,9-17H2,1-2H3/t20-,21-/m1/s1. The van der Waals surface area contributed by atoms with Crippen molar-refractivity contribution < 1.29 is 14.6 Å². The van der Waals surface area contributed by atoms with Crippen LogP contribution in [-0.4, -0.2) is 91.3 Å². The number of ether oxygens (including phenoxy) is 1. The van der Waals surface area contributed by atoms with Gasteiger partial charge >= 0.3 is 0 Å². The summed E-state index contributed by atoms with van der Waals surface area (Å²) in [6.45, 7) is 5.29. The molecule has 0 unspecified atom stereocenters. The molecule has 4 rings (SSSR count). The van der Waals surface area contributed by atoms with Gasteiger partial charge < -0.3 is 19.6 Å². The van der Waals surface area contributed by atoms with Crippen molar-refractivity contribution in [2.45, 2.75) is 49.7 Å². The van der Waals surface area contributed by atoms with Gasteiger partial charge in [-0.15, -0.1) is 0 Å². The topological polar surface area (TPSA) is 56.2 Å². The van der Waals surface area contributed by atoms with E-state index in [0.29, 0.717) is 6.54 Å². The molecule has 0 bridgehead atoms. The SMILES string of the molecule is COc1ccc(C2(C(=O)N3CC[C@@H](N4CCN(C)CC4)[C@H](O)C3)CCCC2)cc1. The minimum Gasteiger partial charge on any atom is -0.497 e. The lowest BCUT2D eigenvalue weighted by atomic mass is 9.77. The van der Waals surface area contributed by atoms with Crippen molar-refractivity contribution in [2.24, 2.45) is 0 Å². The van der Waals surface area contributed by atoms with E-state index < -0.39 is 11.5 Å². The van der Waals surface area contributed by atoms with Gasteiger partial charge in [0.15, 0.2) is 0 Å². The zero-order valence-corrected chi connectivity index (χ0v) is 17.8. The van der Waals surface area contributed by atoms with Crippen molar-refractivity contribution in [3.05, 3.63) is 29.8 Å². The first-order valence-electron chi connectivity index (χ1n) is 11.1. The Morgan fingerprint density at radius 1 is 1.07 bits per heavy atom. The van der Waals surface area contributed by atoms with Crippen LogP contribution >= 0.6 is 0 Å². The highest BCUT2D eigenvalue weighted by atomic mass is 16.5. The fourth-order valence-electron chi connectivity index (χ4n) is 5.50. The first-order valence-corrected chi connectivity index (χ1v) is 11.1. The van der Waals surface area contributed by atoms with Gasteiger partial charge in [-0.05, 0) is 44.0 Å². The van der Waals surface area contributed by atoms with Crippen molar-refractivity contribution in [2.75, 3.05) is 53.4 Å². The van der Waals surface area contributed by atoms with Crippen LogP contribution in [0.4, 0.5) is 0 Å². The van der Waals surface area contributed by atoms with Gasteiger partial charge in [-0.1, -0.05) is 25.0 Å². The van der Waals surface area contributed by atoms with Crippen molar-refractivity contribution in [1.82, 2.24) is 14.7 Å². The van der Waals surface area contributed by atoms with E-state index in [2.05, 4.69) is 29.0 Å². The molecule has 1 aliphatic carbocycles. The molecule has 6 heteroatoms. The van der Waals surface area contributed by atoms with E-state index >= 15 is 0 Å². The molecule has 6 nitrogen and oxygen atoms in total. The molecule has 29 heavy (non-hydrogen) atoms. The molecule has 0 radical (unpaired) electrons. The third-order valence-corrected chi connectivity index (χ3v) is 7.35. The van der Waals surface area contributed by atoms with Crippen molar-refractivity contribution in [3.63, 3.8) is 0 Å². The molecule has 0 aromatic heterocycles. The fourth-order valence-corrected chi connectivity index (χ4v) is 5.50. The summed E-state index contributed by atoms with van der Waals surface area (Å²) in [4.78, 5) is 20.4. The van der Waals surface area contributed by atoms with Crippen LogP contribution in [0.25, 0.3) is 0 Å². The maximum Gasteiger partial charge on any atom is 0.233 e. The number of carbonyl (C=O) groups is 1. The lowest BCUT2D eigenvalue weighted by Crippen LogP contribution is -2.60. The molecular weight excluding hydrogens is 366 g/mol. The Bertz CT molecular complexity index is 694. The number of benzene rings is 1. The molecule has 2 saturated heterocycles. The second-order valence-corrected chi connectivity index (χ2v) is 9.03. The Labute approximate surface area is 174 Å². The summed E-state index contributed by atoms with van der Waals surface area (Å²) >= 11 is 0. The van der Waals surface area contributed by atoms with E-state index in [4.69, 9.17) is 4.74 Å². The lowest BCUT2D eigenvalue weighted by molar-refractivity contribution is -0.142. The van der Waals surface area contributed by atoms with E-state index in [1.807, 2.05) is 17.0 Å². The number of aliphatic hydroxyl groups is 1. The molecule has 1 aromatic rings. The lowest BCUT2D eigenvalue weighted by Gasteiger charge is -2.46. The maximum atomic E-state index is 13.7. The molecule has 3 aliphatic rings. The number of piperidine rings is 1. The Morgan fingerprint density at radius 3 is 2.31 bits per heavy atom. The quantitative estimate of drug-likeness (QED) is 0.833. The van der Waals surface area contributed by atoms with Crippen LogP contribution in [0, 0.1) is 0 Å². The average molecular weight is 402 g/mol. The molecule has 2 aliphatic heterocycles. The summed E-state index contributed by atoms with van der Waals surface area (Å²) in [5.41, 5.74) is 0.656. The van der Waals surface area contributed by atoms with Crippen LogP contribution < -0.4 is 4.74 Å². The zero-order valence-electron chi connectivity index (χ0n) is 17.8. The summed E-state index contributed by atoms with van der Waals surface area (Å²) in [5, 5.41) is 10.9. The van der Waals surface area contributed by atoms with Crippen LogP contribution in [0.3, 0.4) is 0 Å². The van der Waals surface area contributed by atoms with Crippen LogP contribution in [0.1, 0.15) is 37.7 Å². The molecule has 0 spiro atoms. The van der Waals surface area contributed by atoms with E-state index in [1.165, 1.54) is 0 Å². The summed E-state index contributed by atoms with van der Waals surface area (Å²) in [5.74, 6) is 1.02. The molecule has 2 heterocycles. The predicted octanol–water partition coefficient (Wildman–Crippen LogP) is 1.72. The number of likely N-dealkylation sites (N-methyl/N-ethyl adjacent to an activating group) is 1. The summed E-state index contributed by atoms with van der Waals surface area (Å²) in [6.07, 6.45) is 4.34. The smallest absolute Gasteiger partial charge is 0.233 e. The third kappa shape index (κ3) is 4.03. The van der Waals surface area contributed by atoms with Crippen molar-refractivity contribution >= 4 is 5.91 Å². The first-order chi connectivity index (χ1) is 14.0. The highest BCUT2D eigenvalue weighted by molar-refractivity contribution is 5.89. The number of methoxy groups -OCH3 is 1. The number of rotatable bonds is 4. The number of amides is 1. The molecule has 1 N–H and O–H groups in total. The highest BCUT2D eigenvalue weighted by Gasteiger charge is 2.46. The van der Waals surface area contributed by atoms with E-state index in [1.54, 1.807) is 7.11 Å². The second-order valence-electron chi connectivity index (χ2n) is 9.03. The first kappa shape index (κ1) is 20.6. The second kappa shape index (κ2) is 8.62. The zero-order chi connectivity index (χ0) is 20.4. The number of hydrogen-bond donors (Lipinski definition) is 1. The summed E-state index contributed by atoms with van der Waals surface area (Å²) < 4.78 is 5.30. The fraction of sp³-hybridized carbons (Fsp3) is 0.696. The largest absolute Gasteiger partial charge is 0.497 e. The minimum atomic E-state index is -0.467. The number of hydrogen-bond acceptors (Lipinski definition) is 5. The van der Waals surface area contributed by atoms with Crippen molar-refractivity contribution in [1.29, 1.82) is 0 Å². The van der Waals surface area contributed by atoms with E-state index in [0.717, 1.165) is 76.1 Å². The summed E-state index contributed by atoms with van der Waals surface area (Å²) in [6, 6.07) is 8.19. The van der Waals surface area contributed by atoms with Gasteiger partial charge in [-0.25, -0.2) is 0 Å². The number of β-amino-alcohol motifs (C(OH)–C–C–N with tert-alkyl or cyclic N) is 1. The third-order valence-electron chi connectivity index (χ3n) is 7.35. The van der Waals surface area contributed by atoms with Gasteiger partial charge in [0.1, 0.15) is 5.75 Å². The number of aliphatic hydroxyl groups excluding tert-OH is 1. The minimum absolute atomic E-state index is 0.174. The number of likely N-dealkylation sites (tertiary alicyclic amines) is 1. The molecule has 2 atom stereocenters. The van der Waals surface area contributed by atoms with E-state index in [-0.39, 0.29) is 11.9 Å². The molecular formula is C23H35N3O3. The van der Waals surface area contributed by atoms with Crippen LogP contribution in [-0.2, 0) is 10.2 Å². The molecule has 160 valence electrons.